The Kier molecular flexibility index (Phi) is 4.22. The van der Waals surface area contributed by atoms with Crippen LogP contribution in [0, 0.1) is 13.8 Å². The lowest BCUT2D eigenvalue weighted by molar-refractivity contribution is 0.0915. The molecule has 0 radical (unpaired) electrons. The standard InChI is InChI=1S/C19H25N3OS/c1-13-14(2)24-19(22-10-5-6-11-22)17(13)18(23)20-15-8-12-21-9-4-3-7-16(15)21/h5-6,10-11,15-16H,3-4,7-9,12H2,1-2H3,(H,20,23). The smallest absolute Gasteiger partial charge is 0.254 e. The van der Waals surface area contributed by atoms with Crippen molar-refractivity contribution in [3.63, 3.8) is 0 Å². The van der Waals surface area contributed by atoms with Gasteiger partial charge in [-0.25, -0.2) is 0 Å². The quantitative estimate of drug-likeness (QED) is 0.926. The number of carbonyl (C=O) groups excluding carboxylic acids is 1. The SMILES string of the molecule is Cc1sc(-n2cccc2)c(C(=O)NC2CCN3CCCCC23)c1C. The minimum Gasteiger partial charge on any atom is -0.348 e. The first kappa shape index (κ1) is 15.9. The Balaban J connectivity index is 1.59. The normalized spacial score (nSPS) is 24.1. The maximum atomic E-state index is 13.1. The topological polar surface area (TPSA) is 37.3 Å². The molecule has 2 aromatic heterocycles. The molecule has 1 N–H and O–H groups in total. The highest BCUT2D eigenvalue weighted by molar-refractivity contribution is 7.15. The molecule has 2 aliphatic heterocycles. The average molecular weight is 343 g/mol. The fourth-order valence-corrected chi connectivity index (χ4v) is 5.30. The zero-order valence-corrected chi connectivity index (χ0v) is 15.2. The Hall–Kier alpha value is -1.59. The number of nitrogens with one attached hydrogen (secondary N) is 1. The number of aryl methyl sites for hydroxylation is 1. The molecule has 2 atom stereocenters. The Bertz CT molecular complexity index is 734. The van der Waals surface area contributed by atoms with Crippen molar-refractivity contribution >= 4 is 17.2 Å². The predicted octanol–water partition coefficient (Wildman–Crippen LogP) is 3.51. The zero-order chi connectivity index (χ0) is 16.7. The van der Waals surface area contributed by atoms with Crippen LogP contribution in [0.15, 0.2) is 24.5 Å². The first-order chi connectivity index (χ1) is 11.6. The molecule has 0 saturated carbocycles. The maximum absolute atomic E-state index is 13.1. The molecule has 2 unspecified atom stereocenters. The largest absolute Gasteiger partial charge is 0.348 e. The molecule has 2 aliphatic rings. The van der Waals surface area contributed by atoms with E-state index in [4.69, 9.17) is 0 Å². The number of aromatic nitrogens is 1. The molecule has 128 valence electrons. The van der Waals surface area contributed by atoms with Crippen LogP contribution in [0.25, 0.3) is 5.00 Å². The summed E-state index contributed by atoms with van der Waals surface area (Å²) >= 11 is 1.70. The Morgan fingerprint density at radius 1 is 1.17 bits per heavy atom. The summed E-state index contributed by atoms with van der Waals surface area (Å²) in [7, 11) is 0. The summed E-state index contributed by atoms with van der Waals surface area (Å²) in [6.07, 6.45) is 8.92. The van der Waals surface area contributed by atoms with Gasteiger partial charge in [0.1, 0.15) is 5.00 Å². The van der Waals surface area contributed by atoms with Gasteiger partial charge < -0.3 is 9.88 Å². The predicted molar refractivity (Wildman–Crippen MR) is 98.2 cm³/mol. The molecule has 5 heteroatoms. The van der Waals surface area contributed by atoms with Gasteiger partial charge in [0.2, 0.25) is 0 Å². The van der Waals surface area contributed by atoms with Gasteiger partial charge in [-0.05, 0) is 57.4 Å². The molecule has 2 fully saturated rings. The number of piperidine rings is 1. The fourth-order valence-electron chi connectivity index (χ4n) is 4.18. The van der Waals surface area contributed by atoms with Crippen molar-refractivity contribution in [2.75, 3.05) is 13.1 Å². The van der Waals surface area contributed by atoms with Gasteiger partial charge in [0, 0.05) is 35.9 Å². The van der Waals surface area contributed by atoms with Crippen LogP contribution in [0.4, 0.5) is 0 Å². The van der Waals surface area contributed by atoms with Crippen molar-refractivity contribution in [2.45, 2.75) is 51.6 Å². The number of carbonyl (C=O) groups is 1. The van der Waals surface area contributed by atoms with Crippen molar-refractivity contribution in [1.82, 2.24) is 14.8 Å². The van der Waals surface area contributed by atoms with Crippen molar-refractivity contribution in [3.8, 4) is 5.00 Å². The van der Waals surface area contributed by atoms with Gasteiger partial charge in [-0.2, -0.15) is 0 Å². The summed E-state index contributed by atoms with van der Waals surface area (Å²) in [5.41, 5.74) is 1.96. The number of thiophene rings is 1. The highest BCUT2D eigenvalue weighted by Gasteiger charge is 2.37. The third-order valence-electron chi connectivity index (χ3n) is 5.61. The van der Waals surface area contributed by atoms with Crippen molar-refractivity contribution in [3.05, 3.63) is 40.5 Å². The van der Waals surface area contributed by atoms with Crippen LogP contribution in [-0.2, 0) is 0 Å². The van der Waals surface area contributed by atoms with Crippen molar-refractivity contribution in [2.24, 2.45) is 0 Å². The maximum Gasteiger partial charge on any atom is 0.254 e. The summed E-state index contributed by atoms with van der Waals surface area (Å²) < 4.78 is 2.06. The molecule has 0 aromatic carbocycles. The van der Waals surface area contributed by atoms with E-state index in [2.05, 4.69) is 28.6 Å². The molecule has 0 aliphatic carbocycles. The Morgan fingerprint density at radius 2 is 1.96 bits per heavy atom. The van der Waals surface area contributed by atoms with Crippen molar-refractivity contribution < 1.29 is 4.79 Å². The molecular weight excluding hydrogens is 318 g/mol. The van der Waals surface area contributed by atoms with Crippen LogP contribution in [-0.4, -0.2) is 40.5 Å². The first-order valence-electron chi connectivity index (χ1n) is 8.93. The molecule has 0 spiro atoms. The number of hydrogen-bond acceptors (Lipinski definition) is 3. The zero-order valence-electron chi connectivity index (χ0n) is 14.4. The number of hydrogen-bond donors (Lipinski definition) is 1. The molecule has 24 heavy (non-hydrogen) atoms. The minimum absolute atomic E-state index is 0.0953. The molecular formula is C19H25N3OS. The summed E-state index contributed by atoms with van der Waals surface area (Å²) in [5, 5.41) is 4.40. The van der Waals surface area contributed by atoms with Gasteiger partial charge in [-0.15, -0.1) is 11.3 Å². The minimum atomic E-state index is 0.0953. The van der Waals surface area contributed by atoms with E-state index in [1.807, 2.05) is 24.5 Å². The van der Waals surface area contributed by atoms with Crippen LogP contribution in [0.3, 0.4) is 0 Å². The van der Waals surface area contributed by atoms with Crippen LogP contribution < -0.4 is 5.32 Å². The lowest BCUT2D eigenvalue weighted by atomic mass is 9.98. The van der Waals surface area contributed by atoms with E-state index in [9.17, 15) is 4.79 Å². The highest BCUT2D eigenvalue weighted by Crippen LogP contribution is 2.32. The lowest BCUT2D eigenvalue weighted by Crippen LogP contribution is -2.47. The van der Waals surface area contributed by atoms with Crippen LogP contribution in [0.5, 0.6) is 0 Å². The van der Waals surface area contributed by atoms with Gasteiger partial charge in [0.25, 0.3) is 5.91 Å². The average Bonchev–Trinajstić information content (AvgIpc) is 3.29. The summed E-state index contributed by atoms with van der Waals surface area (Å²) in [5.74, 6) is 0.0953. The van der Waals surface area contributed by atoms with E-state index >= 15 is 0 Å². The van der Waals surface area contributed by atoms with E-state index in [0.717, 1.165) is 29.1 Å². The van der Waals surface area contributed by atoms with Gasteiger partial charge >= 0.3 is 0 Å². The van der Waals surface area contributed by atoms with E-state index in [0.29, 0.717) is 12.1 Å². The van der Waals surface area contributed by atoms with Gasteiger partial charge in [-0.3, -0.25) is 9.69 Å². The summed E-state index contributed by atoms with van der Waals surface area (Å²) in [6, 6.07) is 4.85. The molecule has 1 amide bonds. The first-order valence-corrected chi connectivity index (χ1v) is 9.75. The highest BCUT2D eigenvalue weighted by atomic mass is 32.1. The number of nitrogens with zero attached hydrogens (tertiary/aromatic N) is 2. The van der Waals surface area contributed by atoms with Crippen molar-refractivity contribution in [1.29, 1.82) is 0 Å². The molecule has 4 rings (SSSR count). The molecule has 4 heterocycles. The van der Waals surface area contributed by atoms with Gasteiger partial charge in [0.15, 0.2) is 0 Å². The molecule has 0 bridgehead atoms. The van der Waals surface area contributed by atoms with Gasteiger partial charge in [0.05, 0.1) is 5.56 Å². The Morgan fingerprint density at radius 3 is 2.75 bits per heavy atom. The van der Waals surface area contributed by atoms with Crippen LogP contribution >= 0.6 is 11.3 Å². The van der Waals surface area contributed by atoms with Crippen LogP contribution in [0.2, 0.25) is 0 Å². The summed E-state index contributed by atoms with van der Waals surface area (Å²) in [6.45, 7) is 6.49. The third-order valence-corrected chi connectivity index (χ3v) is 6.83. The molecule has 4 nitrogen and oxygen atoms in total. The fraction of sp³-hybridized carbons (Fsp3) is 0.526. The van der Waals surface area contributed by atoms with Crippen LogP contribution in [0.1, 0.15) is 46.5 Å². The van der Waals surface area contributed by atoms with E-state index in [1.54, 1.807) is 11.3 Å². The lowest BCUT2D eigenvalue weighted by Gasteiger charge is -2.32. The summed E-state index contributed by atoms with van der Waals surface area (Å²) in [4.78, 5) is 16.9. The monoisotopic (exact) mass is 343 g/mol. The number of rotatable bonds is 3. The molecule has 2 saturated heterocycles. The Labute approximate surface area is 147 Å². The molecule has 2 aromatic rings. The second kappa shape index (κ2) is 6.37. The number of amides is 1. The van der Waals surface area contributed by atoms with E-state index in [-0.39, 0.29) is 5.91 Å². The van der Waals surface area contributed by atoms with E-state index in [1.165, 1.54) is 30.7 Å². The van der Waals surface area contributed by atoms with E-state index < -0.39 is 0 Å². The second-order valence-electron chi connectivity index (χ2n) is 7.02. The third kappa shape index (κ3) is 2.70. The number of fused-ring (bicyclic) bond motifs is 1. The van der Waals surface area contributed by atoms with Gasteiger partial charge in [-0.1, -0.05) is 6.42 Å². The second-order valence-corrected chi connectivity index (χ2v) is 8.22.